The Labute approximate surface area is 166 Å². The van der Waals surface area contributed by atoms with Crippen LogP contribution in [0.4, 0.5) is 0 Å². The Morgan fingerprint density at radius 2 is 1.50 bits per heavy atom. The van der Waals surface area contributed by atoms with Gasteiger partial charge >= 0.3 is 0 Å². The maximum atomic E-state index is 12.9. The molecule has 0 radical (unpaired) electrons. The Hall–Kier alpha value is -3.09. The largest absolute Gasteiger partial charge is 0.507 e. The fourth-order valence-corrected chi connectivity index (χ4v) is 3.72. The highest BCUT2D eigenvalue weighted by Gasteiger charge is 2.46. The molecule has 1 aliphatic heterocycles. The van der Waals surface area contributed by atoms with Crippen LogP contribution >= 0.6 is 0 Å². The summed E-state index contributed by atoms with van der Waals surface area (Å²) >= 11 is 0. The van der Waals surface area contributed by atoms with Gasteiger partial charge in [-0.25, -0.2) is 0 Å². The zero-order valence-corrected chi connectivity index (χ0v) is 15.1. The van der Waals surface area contributed by atoms with Gasteiger partial charge in [0.25, 0.3) is 0 Å². The zero-order valence-electron chi connectivity index (χ0n) is 15.1. The second-order valence-electron chi connectivity index (χ2n) is 7.07. The summed E-state index contributed by atoms with van der Waals surface area (Å²) in [4.78, 5) is 12.9. The first-order chi connectivity index (χ1) is 14.1. The van der Waals surface area contributed by atoms with E-state index in [4.69, 9.17) is 9.15 Å². The molecule has 0 amide bonds. The van der Waals surface area contributed by atoms with Gasteiger partial charge in [0.15, 0.2) is 17.8 Å². The highest BCUT2D eigenvalue weighted by Crippen LogP contribution is 2.46. The molecule has 2 heterocycles. The average Bonchev–Trinajstić information content (AvgIpc) is 2.68. The van der Waals surface area contributed by atoms with Crippen molar-refractivity contribution >= 4 is 21.9 Å². The van der Waals surface area contributed by atoms with Gasteiger partial charge in [0.05, 0.1) is 23.7 Å². The van der Waals surface area contributed by atoms with E-state index in [-0.39, 0.29) is 16.6 Å². The van der Waals surface area contributed by atoms with Crippen LogP contribution in [0.25, 0.3) is 21.9 Å². The van der Waals surface area contributed by atoms with Crippen molar-refractivity contribution < 1.29 is 50.0 Å². The molecule has 0 saturated carbocycles. The van der Waals surface area contributed by atoms with E-state index < -0.39 is 76.5 Å². The molecule has 1 unspecified atom stereocenters. The summed E-state index contributed by atoms with van der Waals surface area (Å²) < 4.78 is 10.7. The van der Waals surface area contributed by atoms with Crippen molar-refractivity contribution in [3.8, 4) is 23.0 Å². The standard InChI is InChI=1S/C19H18O11/c20-4-6-15(25)17(27)19(28)30-18(6)12-9(23)3-11-13(16(12)26)14(24)5-1-7(21)8(22)2-10(5)29-11/h1-3,6,15,17-23,25-28H,4H2/t6-,15-,17+,18?,19+/m0/s1. The molecule has 0 bridgehead atoms. The minimum Gasteiger partial charge on any atom is -0.507 e. The van der Waals surface area contributed by atoms with Crippen molar-refractivity contribution in [2.24, 2.45) is 5.92 Å². The van der Waals surface area contributed by atoms with E-state index in [1.54, 1.807) is 0 Å². The smallest absolute Gasteiger partial charge is 0.204 e. The molecule has 0 aliphatic carbocycles. The summed E-state index contributed by atoms with van der Waals surface area (Å²) in [7, 11) is 0. The van der Waals surface area contributed by atoms with Crippen LogP contribution in [-0.2, 0) is 4.74 Å². The predicted molar refractivity (Wildman–Crippen MR) is 99.1 cm³/mol. The van der Waals surface area contributed by atoms with Crippen molar-refractivity contribution in [3.05, 3.63) is 34.0 Å². The Kier molecular flexibility index (Phi) is 4.71. The third-order valence-electron chi connectivity index (χ3n) is 5.30. The molecule has 1 fully saturated rings. The third-order valence-corrected chi connectivity index (χ3v) is 5.30. The number of phenols is 4. The number of hydrogen-bond acceptors (Lipinski definition) is 11. The topological polar surface area (TPSA) is 201 Å². The lowest BCUT2D eigenvalue weighted by atomic mass is 9.84. The molecule has 11 nitrogen and oxygen atoms in total. The third kappa shape index (κ3) is 2.83. The van der Waals surface area contributed by atoms with E-state index in [0.29, 0.717) is 0 Å². The Bertz CT molecular complexity index is 1200. The fourth-order valence-electron chi connectivity index (χ4n) is 3.72. The molecule has 2 aromatic carbocycles. The Balaban J connectivity index is 2.00. The van der Waals surface area contributed by atoms with Crippen LogP contribution in [-0.4, -0.2) is 66.0 Å². The number of aromatic hydroxyl groups is 4. The first-order valence-electron chi connectivity index (χ1n) is 8.83. The number of benzene rings is 2. The molecule has 5 atom stereocenters. The summed E-state index contributed by atoms with van der Waals surface area (Å²) in [6, 6.07) is 2.92. The lowest BCUT2D eigenvalue weighted by molar-refractivity contribution is -0.275. The normalized spacial score (nSPS) is 27.0. The van der Waals surface area contributed by atoms with Gasteiger partial charge in [-0.2, -0.15) is 0 Å². The molecule has 160 valence electrons. The molecule has 3 aromatic rings. The quantitative estimate of drug-likeness (QED) is 0.195. The minimum absolute atomic E-state index is 0.120. The van der Waals surface area contributed by atoms with Gasteiger partial charge in [-0.3, -0.25) is 4.79 Å². The maximum Gasteiger partial charge on any atom is 0.204 e. The molecule has 1 aromatic heterocycles. The number of fused-ring (bicyclic) bond motifs is 2. The second kappa shape index (κ2) is 7.00. The molecule has 1 saturated heterocycles. The van der Waals surface area contributed by atoms with Gasteiger partial charge in [0.1, 0.15) is 40.3 Å². The average molecular weight is 422 g/mol. The molecule has 1 aliphatic rings. The van der Waals surface area contributed by atoms with E-state index in [0.717, 1.165) is 18.2 Å². The predicted octanol–water partition coefficient (Wildman–Crippen LogP) is -0.511. The lowest BCUT2D eigenvalue weighted by Crippen LogP contribution is -2.52. The minimum atomic E-state index is -1.89. The summed E-state index contributed by atoms with van der Waals surface area (Å²) in [5.74, 6) is -3.83. The van der Waals surface area contributed by atoms with E-state index in [1.165, 1.54) is 0 Å². The molecular weight excluding hydrogens is 404 g/mol. The maximum absolute atomic E-state index is 12.9. The summed E-state index contributed by atoms with van der Waals surface area (Å²) in [6.07, 6.45) is -6.79. The first-order valence-corrected chi connectivity index (χ1v) is 8.83. The molecular formula is C19H18O11. The van der Waals surface area contributed by atoms with E-state index in [9.17, 15) is 45.6 Å². The van der Waals surface area contributed by atoms with Gasteiger partial charge < -0.3 is 50.0 Å². The number of ether oxygens (including phenoxy) is 1. The van der Waals surface area contributed by atoms with Crippen molar-refractivity contribution in [2.45, 2.75) is 24.6 Å². The van der Waals surface area contributed by atoms with Crippen LogP contribution in [0.5, 0.6) is 23.0 Å². The van der Waals surface area contributed by atoms with Gasteiger partial charge in [-0.05, 0) is 6.07 Å². The number of phenolic OH excluding ortho intramolecular Hbond substituents is 4. The number of hydrogen-bond donors (Lipinski definition) is 8. The van der Waals surface area contributed by atoms with Gasteiger partial charge in [0, 0.05) is 18.1 Å². The highest BCUT2D eigenvalue weighted by atomic mass is 16.6. The lowest BCUT2D eigenvalue weighted by Gasteiger charge is -2.40. The SMILES string of the molecule is O=c1c2cc(O)c(O)cc2oc2cc(O)c(C3O[C@@H](O)[C@H](O)[C@@H](O)[C@@H]3CO)c(O)c12. The van der Waals surface area contributed by atoms with Crippen LogP contribution in [0.2, 0.25) is 0 Å². The van der Waals surface area contributed by atoms with Crippen molar-refractivity contribution in [1.29, 1.82) is 0 Å². The first kappa shape index (κ1) is 20.2. The number of aliphatic hydroxyl groups is 4. The summed E-state index contributed by atoms with van der Waals surface area (Å²) in [5.41, 5.74) is -1.60. The van der Waals surface area contributed by atoms with Crippen LogP contribution in [0.15, 0.2) is 27.4 Å². The number of rotatable bonds is 2. The van der Waals surface area contributed by atoms with Crippen molar-refractivity contribution in [3.63, 3.8) is 0 Å². The van der Waals surface area contributed by atoms with Crippen molar-refractivity contribution in [2.75, 3.05) is 6.61 Å². The molecule has 0 spiro atoms. The highest BCUT2D eigenvalue weighted by molar-refractivity contribution is 5.96. The van der Waals surface area contributed by atoms with E-state index >= 15 is 0 Å². The van der Waals surface area contributed by atoms with E-state index in [2.05, 4.69) is 0 Å². The van der Waals surface area contributed by atoms with Crippen LogP contribution < -0.4 is 5.43 Å². The van der Waals surface area contributed by atoms with Gasteiger partial charge in [-0.1, -0.05) is 0 Å². The Morgan fingerprint density at radius 1 is 0.867 bits per heavy atom. The molecule has 30 heavy (non-hydrogen) atoms. The second-order valence-corrected chi connectivity index (χ2v) is 7.07. The summed E-state index contributed by atoms with van der Waals surface area (Å²) in [6.45, 7) is -0.744. The fraction of sp³-hybridized carbons (Fsp3) is 0.316. The Morgan fingerprint density at radius 3 is 2.17 bits per heavy atom. The number of aliphatic hydroxyl groups excluding tert-OH is 4. The molecule has 8 N–H and O–H groups in total. The van der Waals surface area contributed by atoms with Crippen LogP contribution in [0.1, 0.15) is 11.7 Å². The van der Waals surface area contributed by atoms with Crippen LogP contribution in [0, 0.1) is 5.92 Å². The zero-order chi connectivity index (χ0) is 21.9. The monoisotopic (exact) mass is 422 g/mol. The summed E-state index contributed by atoms with van der Waals surface area (Å²) in [5, 5.41) is 79.3. The van der Waals surface area contributed by atoms with Crippen LogP contribution in [0.3, 0.4) is 0 Å². The van der Waals surface area contributed by atoms with Gasteiger partial charge in [-0.15, -0.1) is 0 Å². The van der Waals surface area contributed by atoms with Gasteiger partial charge in [0.2, 0.25) is 5.43 Å². The molecule has 4 rings (SSSR count). The molecule has 11 heteroatoms. The van der Waals surface area contributed by atoms with E-state index in [1.807, 2.05) is 0 Å². The van der Waals surface area contributed by atoms with Crippen molar-refractivity contribution in [1.82, 2.24) is 0 Å².